The molecule has 7 heteroatoms. The van der Waals surface area contributed by atoms with E-state index in [0.29, 0.717) is 29.7 Å². The summed E-state index contributed by atoms with van der Waals surface area (Å²) in [6.45, 7) is 4.21. The van der Waals surface area contributed by atoms with Crippen LogP contribution in [0.3, 0.4) is 0 Å². The molecule has 0 saturated carbocycles. The Morgan fingerprint density at radius 2 is 1.82 bits per heavy atom. The predicted octanol–water partition coefficient (Wildman–Crippen LogP) is 5.62. The monoisotopic (exact) mass is 526 g/mol. The average Bonchev–Trinajstić information content (AvgIpc) is 3.09. The van der Waals surface area contributed by atoms with Gasteiger partial charge in [0.25, 0.3) is 5.91 Å². The van der Waals surface area contributed by atoms with Gasteiger partial charge in [0, 0.05) is 11.0 Å². The van der Waals surface area contributed by atoms with Gasteiger partial charge in [0.1, 0.15) is 11.3 Å². The van der Waals surface area contributed by atoms with Gasteiger partial charge in [-0.15, -0.1) is 0 Å². The molecule has 4 rings (SSSR count). The van der Waals surface area contributed by atoms with Crippen LogP contribution in [0.1, 0.15) is 60.3 Å². The highest BCUT2D eigenvalue weighted by atomic mass is 79.9. The first-order valence-corrected chi connectivity index (χ1v) is 12.6. The highest BCUT2D eigenvalue weighted by Gasteiger charge is 2.42. The first kappa shape index (κ1) is 24.5. The summed E-state index contributed by atoms with van der Waals surface area (Å²) in [4.78, 5) is 30.9. The minimum Gasteiger partial charge on any atom is -0.494 e. The predicted molar refractivity (Wildman–Crippen MR) is 138 cm³/mol. The van der Waals surface area contributed by atoms with Crippen LogP contribution in [0.5, 0.6) is 5.75 Å². The van der Waals surface area contributed by atoms with Gasteiger partial charge >= 0.3 is 0 Å². The van der Waals surface area contributed by atoms with Crippen molar-refractivity contribution in [3.8, 4) is 5.75 Å². The molecule has 0 aliphatic carbocycles. The lowest BCUT2D eigenvalue weighted by molar-refractivity contribution is 0.0722. The fourth-order valence-corrected chi connectivity index (χ4v) is 4.78. The van der Waals surface area contributed by atoms with Crippen molar-refractivity contribution >= 4 is 32.8 Å². The van der Waals surface area contributed by atoms with Gasteiger partial charge in [0.15, 0.2) is 5.43 Å². The zero-order valence-electron chi connectivity index (χ0n) is 20.0. The van der Waals surface area contributed by atoms with Crippen LogP contribution in [-0.4, -0.2) is 49.5 Å². The standard InChI is InChI=1S/C27H31BrN2O4/c1-4-5-6-16-33-20-11-8-18(9-12-20)24-23-25(31)21-17-19(28)10-13-22(21)34-26(23)27(32)30(24)15-7-14-29(2)3/h8-13,17,24H,4-7,14-16H2,1-3H3. The lowest BCUT2D eigenvalue weighted by Gasteiger charge is -2.26. The molecule has 2 aromatic carbocycles. The SMILES string of the molecule is CCCCCOc1ccc(C2c3c(oc4ccc(Br)cc4c3=O)C(=O)N2CCCN(C)C)cc1. The minimum atomic E-state index is -0.488. The highest BCUT2D eigenvalue weighted by Crippen LogP contribution is 2.39. The third-order valence-electron chi connectivity index (χ3n) is 6.14. The van der Waals surface area contributed by atoms with Gasteiger partial charge < -0.3 is 19.0 Å². The van der Waals surface area contributed by atoms with Gasteiger partial charge in [-0.1, -0.05) is 47.8 Å². The van der Waals surface area contributed by atoms with Crippen molar-refractivity contribution in [2.24, 2.45) is 0 Å². The maximum Gasteiger partial charge on any atom is 0.290 e. The van der Waals surface area contributed by atoms with E-state index in [4.69, 9.17) is 9.15 Å². The Kier molecular flexibility index (Phi) is 7.73. The summed E-state index contributed by atoms with van der Waals surface area (Å²) in [5, 5.41) is 0.469. The average molecular weight is 527 g/mol. The van der Waals surface area contributed by atoms with Crippen LogP contribution in [0.2, 0.25) is 0 Å². The Morgan fingerprint density at radius 3 is 2.53 bits per heavy atom. The fraction of sp³-hybridized carbons (Fsp3) is 0.407. The molecule has 3 aromatic rings. The minimum absolute atomic E-state index is 0.148. The van der Waals surface area contributed by atoms with Crippen molar-refractivity contribution in [3.05, 3.63) is 74.0 Å². The van der Waals surface area contributed by atoms with Crippen molar-refractivity contribution in [3.63, 3.8) is 0 Å². The zero-order valence-corrected chi connectivity index (χ0v) is 21.6. The Labute approximate surface area is 208 Å². The number of nitrogens with zero attached hydrogens (tertiary/aromatic N) is 2. The maximum absolute atomic E-state index is 13.6. The summed E-state index contributed by atoms with van der Waals surface area (Å²) in [6.07, 6.45) is 4.10. The number of hydrogen-bond donors (Lipinski definition) is 0. The molecule has 1 unspecified atom stereocenters. The summed E-state index contributed by atoms with van der Waals surface area (Å²) in [5.41, 5.74) is 1.55. The van der Waals surface area contributed by atoms with Crippen molar-refractivity contribution in [2.75, 3.05) is 33.8 Å². The number of rotatable bonds is 10. The van der Waals surface area contributed by atoms with Gasteiger partial charge in [0.2, 0.25) is 5.76 Å². The molecule has 6 nitrogen and oxygen atoms in total. The zero-order chi connectivity index (χ0) is 24.2. The summed E-state index contributed by atoms with van der Waals surface area (Å²) >= 11 is 3.44. The van der Waals surface area contributed by atoms with Crippen LogP contribution < -0.4 is 10.2 Å². The number of amides is 1. The Hall–Kier alpha value is -2.64. The van der Waals surface area contributed by atoms with E-state index in [1.165, 1.54) is 0 Å². The van der Waals surface area contributed by atoms with Gasteiger partial charge in [-0.2, -0.15) is 0 Å². The van der Waals surface area contributed by atoms with E-state index in [1.54, 1.807) is 17.0 Å². The van der Waals surface area contributed by atoms with Gasteiger partial charge in [-0.3, -0.25) is 9.59 Å². The van der Waals surface area contributed by atoms with E-state index < -0.39 is 6.04 Å². The second-order valence-corrected chi connectivity index (χ2v) is 9.91. The molecule has 0 radical (unpaired) electrons. The van der Waals surface area contributed by atoms with Crippen molar-refractivity contribution < 1.29 is 13.9 Å². The largest absolute Gasteiger partial charge is 0.494 e. The lowest BCUT2D eigenvalue weighted by atomic mass is 9.98. The molecule has 0 fully saturated rings. The third-order valence-corrected chi connectivity index (χ3v) is 6.64. The molecule has 0 spiro atoms. The topological polar surface area (TPSA) is 63.0 Å². The molecule has 1 atom stereocenters. The second kappa shape index (κ2) is 10.7. The third kappa shape index (κ3) is 5.05. The molecule has 1 amide bonds. The van der Waals surface area contributed by atoms with Crippen molar-refractivity contribution in [1.82, 2.24) is 9.80 Å². The van der Waals surface area contributed by atoms with Gasteiger partial charge in [-0.05, 0) is 69.4 Å². The number of carbonyl (C=O) groups is 1. The van der Waals surface area contributed by atoms with Crippen LogP contribution in [0.15, 0.2) is 56.1 Å². The Bertz CT molecular complexity index is 1220. The Morgan fingerprint density at radius 1 is 1.06 bits per heavy atom. The molecular formula is C27H31BrN2O4. The van der Waals surface area contributed by atoms with Crippen LogP contribution >= 0.6 is 15.9 Å². The van der Waals surface area contributed by atoms with Gasteiger partial charge in [-0.25, -0.2) is 0 Å². The van der Waals surface area contributed by atoms with E-state index in [2.05, 4.69) is 27.8 Å². The summed E-state index contributed by atoms with van der Waals surface area (Å²) in [7, 11) is 4.01. The van der Waals surface area contributed by atoms with Crippen LogP contribution in [0, 0.1) is 0 Å². The molecule has 1 aliphatic rings. The number of halogens is 1. The number of hydrogen-bond acceptors (Lipinski definition) is 5. The number of unbranched alkanes of at least 4 members (excludes halogenated alkanes) is 2. The van der Waals surface area contributed by atoms with E-state index in [-0.39, 0.29) is 17.1 Å². The summed E-state index contributed by atoms with van der Waals surface area (Å²) in [6, 6.07) is 12.5. The smallest absolute Gasteiger partial charge is 0.290 e. The molecular weight excluding hydrogens is 496 g/mol. The van der Waals surface area contributed by atoms with Crippen molar-refractivity contribution in [1.29, 1.82) is 0 Å². The summed E-state index contributed by atoms with van der Waals surface area (Å²) < 4.78 is 12.7. The van der Waals surface area contributed by atoms with Gasteiger partial charge in [0.05, 0.1) is 23.6 Å². The van der Waals surface area contributed by atoms with Crippen LogP contribution in [-0.2, 0) is 0 Å². The normalized spacial score (nSPS) is 15.4. The number of benzene rings is 2. The van der Waals surface area contributed by atoms with E-state index >= 15 is 0 Å². The molecule has 0 N–H and O–H groups in total. The number of carbonyl (C=O) groups excluding carboxylic acids is 1. The van der Waals surface area contributed by atoms with E-state index in [1.807, 2.05) is 44.4 Å². The first-order chi connectivity index (χ1) is 16.4. The number of ether oxygens (including phenoxy) is 1. The molecule has 2 heterocycles. The van der Waals surface area contributed by atoms with E-state index in [9.17, 15) is 9.59 Å². The first-order valence-electron chi connectivity index (χ1n) is 11.9. The molecule has 0 bridgehead atoms. The van der Waals surface area contributed by atoms with Crippen molar-refractivity contribution in [2.45, 2.75) is 38.6 Å². The fourth-order valence-electron chi connectivity index (χ4n) is 4.42. The molecule has 1 aliphatic heterocycles. The molecule has 180 valence electrons. The second-order valence-electron chi connectivity index (χ2n) is 9.00. The Balaban J connectivity index is 1.72. The molecule has 34 heavy (non-hydrogen) atoms. The number of fused-ring (bicyclic) bond motifs is 2. The lowest BCUT2D eigenvalue weighted by Crippen LogP contribution is -2.32. The summed E-state index contributed by atoms with van der Waals surface area (Å²) in [5.74, 6) is 0.702. The quantitative estimate of drug-likeness (QED) is 0.320. The highest BCUT2D eigenvalue weighted by molar-refractivity contribution is 9.10. The molecule has 0 saturated heterocycles. The van der Waals surface area contributed by atoms with Crippen LogP contribution in [0.25, 0.3) is 11.0 Å². The van der Waals surface area contributed by atoms with Crippen LogP contribution in [0.4, 0.5) is 0 Å². The van der Waals surface area contributed by atoms with E-state index in [0.717, 1.165) is 48.0 Å². The molecule has 1 aromatic heterocycles. The maximum atomic E-state index is 13.6.